The van der Waals surface area contributed by atoms with Crippen molar-refractivity contribution in [2.45, 2.75) is 25.5 Å². The van der Waals surface area contributed by atoms with Gasteiger partial charge in [0.2, 0.25) is 0 Å². The molecule has 0 saturated carbocycles. The topological polar surface area (TPSA) is 45.4 Å². The van der Waals surface area contributed by atoms with Crippen LogP contribution >= 0.6 is 0 Å². The van der Waals surface area contributed by atoms with Crippen molar-refractivity contribution in [3.63, 3.8) is 0 Å². The van der Waals surface area contributed by atoms with Gasteiger partial charge in [0.1, 0.15) is 11.9 Å². The van der Waals surface area contributed by atoms with Gasteiger partial charge in [-0.15, -0.1) is 0 Å². The van der Waals surface area contributed by atoms with Gasteiger partial charge in [-0.3, -0.25) is 0 Å². The first-order valence-corrected chi connectivity index (χ1v) is 6.92. The standard InChI is InChI=1S/C17H21NO2/c1-14(13-16(19)17-10-6-12-20-17)18-11-5-9-15-7-3-2-4-8-15/h2-10,12,14,16,18-19H,11,13H2,1H3/b9-5+. The maximum absolute atomic E-state index is 9.96. The summed E-state index contributed by atoms with van der Waals surface area (Å²) in [6.45, 7) is 2.84. The van der Waals surface area contributed by atoms with Crippen molar-refractivity contribution in [1.82, 2.24) is 5.32 Å². The monoisotopic (exact) mass is 271 g/mol. The van der Waals surface area contributed by atoms with E-state index in [9.17, 15) is 5.11 Å². The van der Waals surface area contributed by atoms with Gasteiger partial charge in [-0.1, -0.05) is 42.5 Å². The van der Waals surface area contributed by atoms with Gasteiger partial charge in [-0.2, -0.15) is 0 Å². The van der Waals surface area contributed by atoms with Crippen molar-refractivity contribution in [3.8, 4) is 0 Å². The van der Waals surface area contributed by atoms with E-state index in [1.807, 2.05) is 18.2 Å². The summed E-state index contributed by atoms with van der Waals surface area (Å²) in [7, 11) is 0. The highest BCUT2D eigenvalue weighted by Crippen LogP contribution is 2.18. The number of benzene rings is 1. The van der Waals surface area contributed by atoms with Crippen LogP contribution in [0.25, 0.3) is 6.08 Å². The first-order chi connectivity index (χ1) is 9.75. The molecule has 1 aromatic carbocycles. The third-order valence-corrected chi connectivity index (χ3v) is 3.14. The van der Waals surface area contributed by atoms with Crippen LogP contribution in [0.4, 0.5) is 0 Å². The van der Waals surface area contributed by atoms with Gasteiger partial charge in [0, 0.05) is 12.6 Å². The number of nitrogens with one attached hydrogen (secondary N) is 1. The normalized spacial score (nSPS) is 14.5. The van der Waals surface area contributed by atoms with Gasteiger partial charge < -0.3 is 14.8 Å². The Balaban J connectivity index is 1.70. The highest BCUT2D eigenvalue weighted by atomic mass is 16.4. The van der Waals surface area contributed by atoms with Gasteiger partial charge in [-0.05, 0) is 31.0 Å². The molecule has 0 amide bonds. The number of rotatable bonds is 7. The summed E-state index contributed by atoms with van der Waals surface area (Å²) in [6, 6.07) is 14.0. The molecule has 0 spiro atoms. The molecule has 3 heteroatoms. The Morgan fingerprint density at radius 2 is 2.00 bits per heavy atom. The maximum Gasteiger partial charge on any atom is 0.132 e. The van der Waals surface area contributed by atoms with Crippen molar-refractivity contribution >= 4 is 6.08 Å². The van der Waals surface area contributed by atoms with Crippen molar-refractivity contribution in [2.75, 3.05) is 6.54 Å². The lowest BCUT2D eigenvalue weighted by molar-refractivity contribution is 0.129. The van der Waals surface area contributed by atoms with Gasteiger partial charge >= 0.3 is 0 Å². The zero-order valence-corrected chi connectivity index (χ0v) is 11.7. The number of furan rings is 1. The molecule has 2 aromatic rings. The van der Waals surface area contributed by atoms with Crippen LogP contribution in [0.3, 0.4) is 0 Å². The molecular formula is C17H21NO2. The van der Waals surface area contributed by atoms with Crippen LogP contribution in [-0.4, -0.2) is 17.7 Å². The van der Waals surface area contributed by atoms with Gasteiger partial charge in [0.25, 0.3) is 0 Å². The van der Waals surface area contributed by atoms with E-state index in [1.165, 1.54) is 5.56 Å². The number of aliphatic hydroxyl groups excluding tert-OH is 1. The molecule has 0 fully saturated rings. The van der Waals surface area contributed by atoms with E-state index < -0.39 is 6.10 Å². The van der Waals surface area contributed by atoms with E-state index in [1.54, 1.807) is 18.4 Å². The van der Waals surface area contributed by atoms with Crippen LogP contribution in [0.2, 0.25) is 0 Å². The Hall–Kier alpha value is -1.84. The summed E-state index contributed by atoms with van der Waals surface area (Å²) in [6.07, 6.45) is 5.84. The Morgan fingerprint density at radius 1 is 1.20 bits per heavy atom. The molecule has 1 aromatic heterocycles. The molecule has 0 aliphatic carbocycles. The molecule has 0 aliphatic rings. The van der Waals surface area contributed by atoms with E-state index in [0.29, 0.717) is 12.2 Å². The summed E-state index contributed by atoms with van der Waals surface area (Å²) < 4.78 is 5.19. The van der Waals surface area contributed by atoms with Gasteiger partial charge in [0.15, 0.2) is 0 Å². The number of aliphatic hydroxyl groups is 1. The zero-order valence-electron chi connectivity index (χ0n) is 11.7. The van der Waals surface area contributed by atoms with Crippen LogP contribution in [0, 0.1) is 0 Å². The zero-order chi connectivity index (χ0) is 14.2. The molecule has 20 heavy (non-hydrogen) atoms. The molecule has 0 radical (unpaired) electrons. The fraction of sp³-hybridized carbons (Fsp3) is 0.294. The van der Waals surface area contributed by atoms with Crippen molar-refractivity contribution in [2.24, 2.45) is 0 Å². The molecule has 2 rings (SSSR count). The van der Waals surface area contributed by atoms with E-state index in [0.717, 1.165) is 6.54 Å². The fourth-order valence-corrected chi connectivity index (χ4v) is 2.04. The molecule has 0 aliphatic heterocycles. The van der Waals surface area contributed by atoms with E-state index in [2.05, 4.69) is 36.5 Å². The van der Waals surface area contributed by atoms with Crippen LogP contribution < -0.4 is 5.32 Å². The minimum absolute atomic E-state index is 0.218. The first-order valence-electron chi connectivity index (χ1n) is 6.92. The number of hydrogen-bond acceptors (Lipinski definition) is 3. The average Bonchev–Trinajstić information content (AvgIpc) is 2.99. The van der Waals surface area contributed by atoms with Crippen LogP contribution in [-0.2, 0) is 0 Å². The summed E-state index contributed by atoms with van der Waals surface area (Å²) >= 11 is 0. The predicted molar refractivity (Wildman–Crippen MR) is 81.2 cm³/mol. The molecule has 0 saturated heterocycles. The average molecular weight is 271 g/mol. The minimum Gasteiger partial charge on any atom is -0.467 e. The molecule has 3 nitrogen and oxygen atoms in total. The molecule has 2 N–H and O–H groups in total. The molecule has 2 atom stereocenters. The van der Waals surface area contributed by atoms with Crippen molar-refractivity contribution in [3.05, 3.63) is 66.1 Å². The Bertz CT molecular complexity index is 505. The van der Waals surface area contributed by atoms with E-state index >= 15 is 0 Å². The largest absolute Gasteiger partial charge is 0.467 e. The summed E-state index contributed by atoms with van der Waals surface area (Å²) in [5.41, 5.74) is 1.19. The lowest BCUT2D eigenvalue weighted by Gasteiger charge is -2.15. The SMILES string of the molecule is CC(CC(O)c1ccco1)NC/C=C/c1ccccc1. The highest BCUT2D eigenvalue weighted by molar-refractivity contribution is 5.48. The minimum atomic E-state index is -0.550. The van der Waals surface area contributed by atoms with E-state index in [4.69, 9.17) is 4.42 Å². The lowest BCUT2D eigenvalue weighted by atomic mass is 10.1. The highest BCUT2D eigenvalue weighted by Gasteiger charge is 2.13. The second-order valence-electron chi connectivity index (χ2n) is 4.89. The van der Waals surface area contributed by atoms with E-state index in [-0.39, 0.29) is 6.04 Å². The molecule has 106 valence electrons. The molecular weight excluding hydrogens is 250 g/mol. The van der Waals surface area contributed by atoms with Crippen LogP contribution in [0.1, 0.15) is 30.8 Å². The van der Waals surface area contributed by atoms with Crippen LogP contribution in [0.15, 0.2) is 59.2 Å². The van der Waals surface area contributed by atoms with Crippen LogP contribution in [0.5, 0.6) is 0 Å². The van der Waals surface area contributed by atoms with Crippen molar-refractivity contribution in [1.29, 1.82) is 0 Å². The summed E-state index contributed by atoms with van der Waals surface area (Å²) in [5.74, 6) is 0.624. The Labute approximate surface area is 119 Å². The summed E-state index contributed by atoms with van der Waals surface area (Å²) in [5, 5.41) is 13.3. The summed E-state index contributed by atoms with van der Waals surface area (Å²) in [4.78, 5) is 0. The Kier molecular flexibility index (Phi) is 5.59. The second kappa shape index (κ2) is 7.68. The molecule has 2 unspecified atom stereocenters. The maximum atomic E-state index is 9.96. The quantitative estimate of drug-likeness (QED) is 0.811. The second-order valence-corrected chi connectivity index (χ2v) is 4.89. The first kappa shape index (κ1) is 14.6. The molecule has 0 bridgehead atoms. The lowest BCUT2D eigenvalue weighted by Crippen LogP contribution is -2.27. The van der Waals surface area contributed by atoms with Gasteiger partial charge in [0.05, 0.1) is 6.26 Å². The van der Waals surface area contributed by atoms with Crippen molar-refractivity contribution < 1.29 is 9.52 Å². The Morgan fingerprint density at radius 3 is 2.70 bits per heavy atom. The third-order valence-electron chi connectivity index (χ3n) is 3.14. The van der Waals surface area contributed by atoms with Gasteiger partial charge in [-0.25, -0.2) is 0 Å². The predicted octanol–water partition coefficient (Wildman–Crippen LogP) is 3.39. The fourth-order valence-electron chi connectivity index (χ4n) is 2.04. The third kappa shape index (κ3) is 4.68. The number of hydrogen-bond donors (Lipinski definition) is 2. The smallest absolute Gasteiger partial charge is 0.132 e. The molecule has 1 heterocycles.